The predicted molar refractivity (Wildman–Crippen MR) is 109 cm³/mol. The summed E-state index contributed by atoms with van der Waals surface area (Å²) in [6.45, 7) is 3.72. The molecule has 4 aromatic rings. The average molecular weight is 389 g/mol. The predicted octanol–water partition coefficient (Wildman–Crippen LogP) is 1.79. The van der Waals surface area contributed by atoms with Crippen molar-refractivity contribution in [2.45, 2.75) is 20.4 Å². The maximum Gasteiger partial charge on any atom is 0.275 e. The summed E-state index contributed by atoms with van der Waals surface area (Å²) >= 11 is 0. The lowest BCUT2D eigenvalue weighted by Gasteiger charge is -2.11. The number of pyridine rings is 1. The highest BCUT2D eigenvalue weighted by atomic mass is 16.2. The van der Waals surface area contributed by atoms with Gasteiger partial charge in [-0.15, -0.1) is 5.10 Å². The van der Waals surface area contributed by atoms with Gasteiger partial charge in [0.25, 0.3) is 5.56 Å². The van der Waals surface area contributed by atoms with Crippen LogP contribution in [0.15, 0.2) is 53.5 Å². The van der Waals surface area contributed by atoms with Crippen molar-refractivity contribution in [3.8, 4) is 11.4 Å². The number of nitrogens with one attached hydrogen (secondary N) is 1. The first-order valence-corrected chi connectivity index (χ1v) is 8.96. The zero-order valence-electron chi connectivity index (χ0n) is 16.0. The summed E-state index contributed by atoms with van der Waals surface area (Å²) in [7, 11) is 0. The van der Waals surface area contributed by atoms with Gasteiger partial charge in [-0.3, -0.25) is 9.59 Å². The van der Waals surface area contributed by atoms with E-state index in [9.17, 15) is 9.59 Å². The van der Waals surface area contributed by atoms with E-state index in [1.54, 1.807) is 23.6 Å². The second-order valence-corrected chi connectivity index (χ2v) is 6.74. The molecule has 0 spiro atoms. The molecule has 3 heterocycles. The molecule has 0 atom stereocenters. The highest BCUT2D eigenvalue weighted by Crippen LogP contribution is 2.16. The Morgan fingerprint density at radius 3 is 2.59 bits per heavy atom. The van der Waals surface area contributed by atoms with Gasteiger partial charge in [0.15, 0.2) is 5.82 Å². The molecule has 1 amide bonds. The molecule has 9 heteroatoms. The van der Waals surface area contributed by atoms with Gasteiger partial charge in [0.1, 0.15) is 12.4 Å². The van der Waals surface area contributed by atoms with Gasteiger partial charge in [-0.25, -0.2) is 4.98 Å². The van der Waals surface area contributed by atoms with Crippen LogP contribution in [0.1, 0.15) is 11.3 Å². The van der Waals surface area contributed by atoms with E-state index < -0.39 is 0 Å². The molecule has 146 valence electrons. The topological polar surface area (TPSA) is 120 Å². The molecule has 0 unspecified atom stereocenters. The van der Waals surface area contributed by atoms with Crippen LogP contribution in [0.2, 0.25) is 0 Å². The van der Waals surface area contributed by atoms with Gasteiger partial charge in [0, 0.05) is 29.2 Å². The Morgan fingerprint density at radius 2 is 1.90 bits per heavy atom. The molecule has 0 saturated carbocycles. The fourth-order valence-corrected chi connectivity index (χ4v) is 2.94. The molecule has 0 aliphatic rings. The third kappa shape index (κ3) is 3.70. The first-order valence-electron chi connectivity index (χ1n) is 8.96. The van der Waals surface area contributed by atoms with Crippen LogP contribution in [-0.4, -0.2) is 30.1 Å². The van der Waals surface area contributed by atoms with E-state index >= 15 is 0 Å². The van der Waals surface area contributed by atoms with Crippen LogP contribution < -0.4 is 16.6 Å². The summed E-state index contributed by atoms with van der Waals surface area (Å²) in [5.41, 5.74) is 8.33. The van der Waals surface area contributed by atoms with Crippen molar-refractivity contribution in [2.75, 3.05) is 11.1 Å². The van der Waals surface area contributed by atoms with Gasteiger partial charge in [-0.2, -0.15) is 9.50 Å². The zero-order chi connectivity index (χ0) is 20.5. The molecule has 4 rings (SSSR count). The van der Waals surface area contributed by atoms with Gasteiger partial charge in [-0.05, 0) is 38.1 Å². The number of anilines is 2. The molecule has 29 heavy (non-hydrogen) atoms. The van der Waals surface area contributed by atoms with E-state index in [1.165, 1.54) is 16.8 Å². The van der Waals surface area contributed by atoms with Gasteiger partial charge in [0.2, 0.25) is 11.7 Å². The van der Waals surface area contributed by atoms with Crippen molar-refractivity contribution in [1.82, 2.24) is 24.1 Å². The molecule has 3 N–H and O–H groups in total. The number of carbonyl (C=O) groups excluding carboxylic acids is 1. The van der Waals surface area contributed by atoms with Crippen LogP contribution in [0.5, 0.6) is 0 Å². The fraction of sp³-hybridized carbons (Fsp3) is 0.150. The number of aromatic nitrogens is 5. The molecular weight excluding hydrogens is 370 g/mol. The molecule has 0 radical (unpaired) electrons. The quantitative estimate of drug-likeness (QED) is 0.549. The van der Waals surface area contributed by atoms with Crippen LogP contribution in [0.25, 0.3) is 17.2 Å². The van der Waals surface area contributed by atoms with Crippen LogP contribution in [0.3, 0.4) is 0 Å². The van der Waals surface area contributed by atoms with E-state index in [2.05, 4.69) is 20.4 Å². The minimum absolute atomic E-state index is 0.0123. The first kappa shape index (κ1) is 18.4. The molecule has 0 fully saturated rings. The SMILES string of the molecule is Cc1ccc(NC(=O)Cn2c(C)cc(=O)n3nc(-c4ccc(N)nc4)nc23)cc1. The van der Waals surface area contributed by atoms with Gasteiger partial charge < -0.3 is 15.6 Å². The Kier molecular flexibility index (Phi) is 4.55. The van der Waals surface area contributed by atoms with Crippen molar-refractivity contribution in [2.24, 2.45) is 0 Å². The Morgan fingerprint density at radius 1 is 1.14 bits per heavy atom. The highest BCUT2D eigenvalue weighted by molar-refractivity contribution is 5.90. The van der Waals surface area contributed by atoms with E-state index in [0.717, 1.165) is 5.56 Å². The maximum atomic E-state index is 12.6. The molecule has 0 bridgehead atoms. The molecule has 0 saturated heterocycles. The Balaban J connectivity index is 1.69. The van der Waals surface area contributed by atoms with Gasteiger partial charge in [-0.1, -0.05) is 17.7 Å². The fourth-order valence-electron chi connectivity index (χ4n) is 2.94. The van der Waals surface area contributed by atoms with Crippen molar-refractivity contribution in [1.29, 1.82) is 0 Å². The number of hydrogen-bond donors (Lipinski definition) is 2. The second-order valence-electron chi connectivity index (χ2n) is 6.74. The number of aryl methyl sites for hydroxylation is 2. The Hall–Kier alpha value is -4.01. The minimum Gasteiger partial charge on any atom is -0.384 e. The van der Waals surface area contributed by atoms with E-state index in [4.69, 9.17) is 5.73 Å². The molecule has 3 aromatic heterocycles. The number of hydrogen-bond acceptors (Lipinski definition) is 6. The summed E-state index contributed by atoms with van der Waals surface area (Å²) in [5.74, 6) is 0.746. The molecule has 0 aliphatic carbocycles. The van der Waals surface area contributed by atoms with Crippen molar-refractivity contribution >= 4 is 23.2 Å². The van der Waals surface area contributed by atoms with E-state index in [0.29, 0.717) is 28.6 Å². The summed E-state index contributed by atoms with van der Waals surface area (Å²) in [6, 6.07) is 12.3. The summed E-state index contributed by atoms with van der Waals surface area (Å²) in [6.07, 6.45) is 1.54. The third-order valence-electron chi connectivity index (χ3n) is 4.48. The van der Waals surface area contributed by atoms with Crippen molar-refractivity contribution < 1.29 is 4.79 Å². The largest absolute Gasteiger partial charge is 0.384 e. The van der Waals surface area contributed by atoms with Crippen LogP contribution in [-0.2, 0) is 11.3 Å². The number of nitrogens with two attached hydrogens (primary N) is 1. The smallest absolute Gasteiger partial charge is 0.275 e. The lowest BCUT2D eigenvalue weighted by atomic mass is 10.2. The number of nitrogen functional groups attached to an aromatic ring is 1. The normalized spacial score (nSPS) is 11.0. The maximum absolute atomic E-state index is 12.6. The van der Waals surface area contributed by atoms with Crippen LogP contribution in [0.4, 0.5) is 11.5 Å². The molecule has 1 aromatic carbocycles. The van der Waals surface area contributed by atoms with Crippen LogP contribution >= 0.6 is 0 Å². The lowest BCUT2D eigenvalue weighted by molar-refractivity contribution is -0.116. The van der Waals surface area contributed by atoms with Crippen LogP contribution in [0, 0.1) is 13.8 Å². The summed E-state index contributed by atoms with van der Waals surface area (Å²) < 4.78 is 2.82. The second kappa shape index (κ2) is 7.19. The highest BCUT2D eigenvalue weighted by Gasteiger charge is 2.16. The standard InChI is InChI=1S/C20H19N7O2/c1-12-3-6-15(7-4-12)23-17(28)11-26-13(2)9-18(29)27-20(26)24-19(25-27)14-5-8-16(21)22-10-14/h3-10H,11H2,1-2H3,(H2,21,22)(H,23,28). The molecule has 9 nitrogen and oxygen atoms in total. The average Bonchev–Trinajstić information content (AvgIpc) is 3.13. The Bertz CT molecular complexity index is 1260. The number of fused-ring (bicyclic) bond motifs is 1. The molecular formula is C20H19N7O2. The number of benzene rings is 1. The Labute approximate surface area is 165 Å². The zero-order valence-corrected chi connectivity index (χ0v) is 16.0. The van der Waals surface area contributed by atoms with E-state index in [-0.39, 0.29) is 23.8 Å². The summed E-state index contributed by atoms with van der Waals surface area (Å²) in [5, 5.41) is 7.12. The number of amides is 1. The number of carbonyl (C=O) groups is 1. The minimum atomic E-state index is -0.324. The first-order chi connectivity index (χ1) is 13.9. The third-order valence-corrected chi connectivity index (χ3v) is 4.48. The lowest BCUT2D eigenvalue weighted by Crippen LogP contribution is -2.25. The number of rotatable bonds is 4. The monoisotopic (exact) mass is 389 g/mol. The summed E-state index contributed by atoms with van der Waals surface area (Å²) in [4.78, 5) is 33.4. The van der Waals surface area contributed by atoms with Crippen molar-refractivity contribution in [3.63, 3.8) is 0 Å². The number of nitrogens with zero attached hydrogens (tertiary/aromatic N) is 5. The van der Waals surface area contributed by atoms with Crippen molar-refractivity contribution in [3.05, 3.63) is 70.3 Å². The molecule has 0 aliphatic heterocycles. The van der Waals surface area contributed by atoms with E-state index in [1.807, 2.05) is 31.2 Å². The van der Waals surface area contributed by atoms with Gasteiger partial charge >= 0.3 is 0 Å². The van der Waals surface area contributed by atoms with Gasteiger partial charge in [0.05, 0.1) is 0 Å².